The van der Waals surface area contributed by atoms with Crippen molar-refractivity contribution in [3.05, 3.63) is 35.5 Å². The first kappa shape index (κ1) is 10.6. The number of para-hydroxylation sites is 1. The Morgan fingerprint density at radius 3 is 3.06 bits per heavy atom. The second-order valence-electron chi connectivity index (χ2n) is 5.78. The average molecular weight is 242 g/mol. The molecule has 1 saturated heterocycles. The van der Waals surface area contributed by atoms with Gasteiger partial charge in [-0.3, -0.25) is 4.90 Å². The zero-order chi connectivity index (χ0) is 12.3. The first-order valence-corrected chi connectivity index (χ1v) is 6.67. The number of hydrogen-bond donors (Lipinski definition) is 1. The molecule has 3 heteroatoms. The number of ether oxygens (including phenoxy) is 1. The van der Waals surface area contributed by atoms with E-state index < -0.39 is 0 Å². The molecule has 2 aromatic rings. The van der Waals surface area contributed by atoms with Gasteiger partial charge in [-0.05, 0) is 31.9 Å². The highest BCUT2D eigenvalue weighted by molar-refractivity contribution is 5.85. The van der Waals surface area contributed by atoms with Crippen molar-refractivity contribution in [3.8, 4) is 0 Å². The SMILES string of the molecule is CC1(C)OCC2c3[nH]c4ccccc4c3CCN21. The number of benzene rings is 1. The Bertz CT molecular complexity index is 614. The molecule has 0 saturated carbocycles. The smallest absolute Gasteiger partial charge is 0.116 e. The molecule has 0 spiro atoms. The number of nitrogens with one attached hydrogen (secondary N) is 1. The number of fused-ring (bicyclic) bond motifs is 5. The molecule has 0 radical (unpaired) electrons. The van der Waals surface area contributed by atoms with Crippen LogP contribution in [0.4, 0.5) is 0 Å². The zero-order valence-electron chi connectivity index (χ0n) is 10.9. The van der Waals surface area contributed by atoms with E-state index in [1.807, 2.05) is 0 Å². The van der Waals surface area contributed by atoms with Crippen LogP contribution in [0.25, 0.3) is 10.9 Å². The van der Waals surface area contributed by atoms with E-state index in [-0.39, 0.29) is 5.72 Å². The van der Waals surface area contributed by atoms with Crippen LogP contribution in [0, 0.1) is 0 Å². The maximum absolute atomic E-state index is 5.95. The largest absolute Gasteiger partial charge is 0.359 e. The molecule has 0 aliphatic carbocycles. The van der Waals surface area contributed by atoms with Crippen LogP contribution in [0.15, 0.2) is 24.3 Å². The summed E-state index contributed by atoms with van der Waals surface area (Å²) in [7, 11) is 0. The molecule has 0 bridgehead atoms. The monoisotopic (exact) mass is 242 g/mol. The molecule has 3 heterocycles. The summed E-state index contributed by atoms with van der Waals surface area (Å²) in [6.07, 6.45) is 1.11. The van der Waals surface area contributed by atoms with E-state index >= 15 is 0 Å². The molecule has 18 heavy (non-hydrogen) atoms. The first-order valence-electron chi connectivity index (χ1n) is 6.67. The van der Waals surface area contributed by atoms with E-state index in [2.05, 4.69) is 48.0 Å². The summed E-state index contributed by atoms with van der Waals surface area (Å²) in [6, 6.07) is 9.01. The molecular weight excluding hydrogens is 224 g/mol. The van der Waals surface area contributed by atoms with Gasteiger partial charge in [0.1, 0.15) is 5.72 Å². The van der Waals surface area contributed by atoms with Crippen molar-refractivity contribution in [1.82, 2.24) is 9.88 Å². The average Bonchev–Trinajstić information content (AvgIpc) is 2.87. The third-order valence-electron chi connectivity index (χ3n) is 4.44. The molecule has 2 aliphatic rings. The Hall–Kier alpha value is -1.32. The van der Waals surface area contributed by atoms with Crippen molar-refractivity contribution in [2.45, 2.75) is 32.0 Å². The quantitative estimate of drug-likeness (QED) is 0.769. The van der Waals surface area contributed by atoms with E-state index in [1.165, 1.54) is 22.2 Å². The van der Waals surface area contributed by atoms with Crippen LogP contribution in [0.3, 0.4) is 0 Å². The van der Waals surface area contributed by atoms with E-state index in [9.17, 15) is 0 Å². The van der Waals surface area contributed by atoms with Gasteiger partial charge >= 0.3 is 0 Å². The number of aromatic amines is 1. The van der Waals surface area contributed by atoms with Gasteiger partial charge in [-0.15, -0.1) is 0 Å². The molecule has 1 atom stereocenters. The van der Waals surface area contributed by atoms with Crippen LogP contribution in [0.2, 0.25) is 0 Å². The molecule has 0 amide bonds. The minimum atomic E-state index is -0.125. The molecule has 1 aromatic heterocycles. The Labute approximate surface area is 107 Å². The maximum Gasteiger partial charge on any atom is 0.116 e. The molecule has 3 nitrogen and oxygen atoms in total. The third-order valence-corrected chi connectivity index (χ3v) is 4.44. The summed E-state index contributed by atoms with van der Waals surface area (Å²) in [4.78, 5) is 6.08. The van der Waals surface area contributed by atoms with E-state index in [1.54, 1.807) is 0 Å². The van der Waals surface area contributed by atoms with Crippen molar-refractivity contribution < 1.29 is 4.74 Å². The number of rotatable bonds is 0. The summed E-state index contributed by atoms with van der Waals surface area (Å²) < 4.78 is 5.95. The van der Waals surface area contributed by atoms with Gasteiger partial charge in [0.15, 0.2) is 0 Å². The molecule has 4 rings (SSSR count). The first-order chi connectivity index (χ1) is 8.67. The minimum Gasteiger partial charge on any atom is -0.359 e. The highest BCUT2D eigenvalue weighted by atomic mass is 16.5. The number of hydrogen-bond acceptors (Lipinski definition) is 2. The summed E-state index contributed by atoms with van der Waals surface area (Å²) in [5.74, 6) is 0. The summed E-state index contributed by atoms with van der Waals surface area (Å²) >= 11 is 0. The minimum absolute atomic E-state index is 0.125. The van der Waals surface area contributed by atoms with E-state index in [0.29, 0.717) is 6.04 Å². The van der Waals surface area contributed by atoms with Crippen LogP contribution in [-0.2, 0) is 11.2 Å². The molecule has 2 aliphatic heterocycles. The predicted molar refractivity (Wildman–Crippen MR) is 71.5 cm³/mol. The number of H-pyrrole nitrogens is 1. The van der Waals surface area contributed by atoms with Gasteiger partial charge in [-0.2, -0.15) is 0 Å². The fourth-order valence-electron chi connectivity index (χ4n) is 3.50. The maximum atomic E-state index is 5.95. The second kappa shape index (κ2) is 3.37. The molecular formula is C15H18N2O. The molecule has 1 aromatic carbocycles. The topological polar surface area (TPSA) is 28.3 Å². The van der Waals surface area contributed by atoms with Crippen LogP contribution in [-0.4, -0.2) is 28.8 Å². The van der Waals surface area contributed by atoms with Gasteiger partial charge in [0.2, 0.25) is 0 Å². The van der Waals surface area contributed by atoms with Gasteiger partial charge in [0.05, 0.1) is 12.6 Å². The van der Waals surface area contributed by atoms with Crippen LogP contribution >= 0.6 is 0 Å². The Morgan fingerprint density at radius 2 is 2.17 bits per heavy atom. The van der Waals surface area contributed by atoms with Gasteiger partial charge in [0, 0.05) is 23.1 Å². The Kier molecular flexibility index (Phi) is 1.98. The lowest BCUT2D eigenvalue weighted by molar-refractivity contribution is -0.0545. The summed E-state index contributed by atoms with van der Waals surface area (Å²) in [6.45, 7) is 6.22. The highest BCUT2D eigenvalue weighted by Gasteiger charge is 2.44. The van der Waals surface area contributed by atoms with Gasteiger partial charge in [-0.25, -0.2) is 0 Å². The number of nitrogens with zero attached hydrogens (tertiary/aromatic N) is 1. The Morgan fingerprint density at radius 1 is 1.33 bits per heavy atom. The second-order valence-corrected chi connectivity index (χ2v) is 5.78. The highest BCUT2D eigenvalue weighted by Crippen LogP contribution is 2.42. The van der Waals surface area contributed by atoms with Crippen molar-refractivity contribution >= 4 is 10.9 Å². The van der Waals surface area contributed by atoms with Crippen LogP contribution in [0.1, 0.15) is 31.1 Å². The standard InChI is InChI=1S/C15H18N2O/c1-15(2)17-8-7-11-10-5-3-4-6-12(10)16-14(11)13(17)9-18-15/h3-6,13,16H,7-9H2,1-2H3. The van der Waals surface area contributed by atoms with Crippen LogP contribution in [0.5, 0.6) is 0 Å². The zero-order valence-corrected chi connectivity index (χ0v) is 10.9. The summed E-state index contributed by atoms with van der Waals surface area (Å²) in [5, 5.41) is 1.39. The number of aromatic nitrogens is 1. The molecule has 1 fully saturated rings. The molecule has 1 N–H and O–H groups in total. The van der Waals surface area contributed by atoms with Gasteiger partial charge < -0.3 is 9.72 Å². The fourth-order valence-corrected chi connectivity index (χ4v) is 3.50. The van der Waals surface area contributed by atoms with Crippen molar-refractivity contribution in [1.29, 1.82) is 0 Å². The lowest BCUT2D eigenvalue weighted by Crippen LogP contribution is -2.43. The lowest BCUT2D eigenvalue weighted by Gasteiger charge is -2.36. The summed E-state index contributed by atoms with van der Waals surface area (Å²) in [5.41, 5.74) is 4.00. The Balaban J connectivity index is 1.90. The van der Waals surface area contributed by atoms with E-state index in [4.69, 9.17) is 4.74 Å². The lowest BCUT2D eigenvalue weighted by atomic mass is 9.97. The van der Waals surface area contributed by atoms with Crippen molar-refractivity contribution in [2.24, 2.45) is 0 Å². The van der Waals surface area contributed by atoms with Crippen LogP contribution < -0.4 is 0 Å². The molecule has 94 valence electrons. The normalized spacial score (nSPS) is 26.2. The van der Waals surface area contributed by atoms with E-state index in [0.717, 1.165) is 19.6 Å². The van der Waals surface area contributed by atoms with Crippen molar-refractivity contribution in [3.63, 3.8) is 0 Å². The molecule has 1 unspecified atom stereocenters. The van der Waals surface area contributed by atoms with Gasteiger partial charge in [0.25, 0.3) is 0 Å². The predicted octanol–water partition coefficient (Wildman–Crippen LogP) is 2.83. The third kappa shape index (κ3) is 1.26. The van der Waals surface area contributed by atoms with Gasteiger partial charge in [-0.1, -0.05) is 18.2 Å². The fraction of sp³-hybridized carbons (Fsp3) is 0.467. The van der Waals surface area contributed by atoms with Crippen molar-refractivity contribution in [2.75, 3.05) is 13.2 Å².